The summed E-state index contributed by atoms with van der Waals surface area (Å²) in [7, 11) is 0. The first kappa shape index (κ1) is 17.0. The van der Waals surface area contributed by atoms with Gasteiger partial charge in [-0.1, -0.05) is 53.3 Å². The Morgan fingerprint density at radius 1 is 1.15 bits per heavy atom. The van der Waals surface area contributed by atoms with E-state index in [0.717, 1.165) is 34.2 Å². The van der Waals surface area contributed by atoms with Crippen LogP contribution in [0.15, 0.2) is 48.5 Å². The molecule has 3 aromatic rings. The maximum atomic E-state index is 12.5. The Kier molecular flexibility index (Phi) is 4.86. The summed E-state index contributed by atoms with van der Waals surface area (Å²) in [6.45, 7) is 0.946. The number of aromatic nitrogens is 2. The lowest BCUT2D eigenvalue weighted by Crippen LogP contribution is -2.34. The molecule has 1 aromatic heterocycles. The van der Waals surface area contributed by atoms with E-state index in [1.807, 2.05) is 47.4 Å². The van der Waals surface area contributed by atoms with Gasteiger partial charge in [0.2, 0.25) is 11.0 Å². The third-order valence-electron chi connectivity index (χ3n) is 4.31. The maximum Gasteiger partial charge on any atom is 0.246 e. The summed E-state index contributed by atoms with van der Waals surface area (Å²) >= 11 is 7.37. The van der Waals surface area contributed by atoms with E-state index in [9.17, 15) is 4.79 Å². The van der Waals surface area contributed by atoms with Gasteiger partial charge in [0.15, 0.2) is 0 Å². The molecule has 1 amide bonds. The molecule has 7 heteroatoms. The molecule has 0 atom stereocenters. The first-order chi connectivity index (χ1) is 12.7. The second-order valence-corrected chi connectivity index (χ2v) is 7.58. The van der Waals surface area contributed by atoms with Gasteiger partial charge in [-0.25, -0.2) is 0 Å². The Morgan fingerprint density at radius 2 is 1.96 bits per heavy atom. The molecule has 0 aliphatic carbocycles. The molecule has 1 N–H and O–H groups in total. The number of nitrogens with one attached hydrogen (secondary N) is 1. The van der Waals surface area contributed by atoms with E-state index < -0.39 is 0 Å². The van der Waals surface area contributed by atoms with Crippen molar-refractivity contribution < 1.29 is 4.79 Å². The largest absolute Gasteiger partial charge is 0.351 e. The number of nitrogens with zero attached hydrogens (tertiary/aromatic N) is 3. The molecule has 0 bridgehead atoms. The SMILES string of the molecule is O=C(CNc1nnc(Cc2ccc(Cl)cc2)s1)N1CCc2ccccc21. The van der Waals surface area contributed by atoms with E-state index in [1.54, 1.807) is 0 Å². The van der Waals surface area contributed by atoms with Gasteiger partial charge in [-0.2, -0.15) is 0 Å². The van der Waals surface area contributed by atoms with Crippen LogP contribution in [0.5, 0.6) is 0 Å². The molecule has 1 aliphatic heterocycles. The van der Waals surface area contributed by atoms with Crippen LogP contribution in [0.3, 0.4) is 0 Å². The monoisotopic (exact) mass is 384 g/mol. The van der Waals surface area contributed by atoms with Crippen LogP contribution >= 0.6 is 22.9 Å². The van der Waals surface area contributed by atoms with Crippen LogP contribution in [-0.2, 0) is 17.6 Å². The van der Waals surface area contributed by atoms with Crippen molar-refractivity contribution in [3.8, 4) is 0 Å². The van der Waals surface area contributed by atoms with Crippen molar-refractivity contribution in [2.24, 2.45) is 0 Å². The van der Waals surface area contributed by atoms with E-state index in [1.165, 1.54) is 16.9 Å². The smallest absolute Gasteiger partial charge is 0.246 e. The van der Waals surface area contributed by atoms with Crippen molar-refractivity contribution in [2.45, 2.75) is 12.8 Å². The molecule has 0 saturated carbocycles. The Morgan fingerprint density at radius 3 is 2.81 bits per heavy atom. The number of halogens is 1. The van der Waals surface area contributed by atoms with Crippen LogP contribution in [0.4, 0.5) is 10.8 Å². The summed E-state index contributed by atoms with van der Waals surface area (Å²) in [5.41, 5.74) is 3.36. The number of anilines is 2. The van der Waals surface area contributed by atoms with Crippen LogP contribution in [0.1, 0.15) is 16.1 Å². The van der Waals surface area contributed by atoms with Crippen molar-refractivity contribution in [3.05, 3.63) is 69.7 Å². The van der Waals surface area contributed by atoms with E-state index >= 15 is 0 Å². The normalized spacial score (nSPS) is 12.9. The Balaban J connectivity index is 1.35. The van der Waals surface area contributed by atoms with Gasteiger partial charge in [0.25, 0.3) is 0 Å². The van der Waals surface area contributed by atoms with Gasteiger partial charge in [0.1, 0.15) is 5.01 Å². The van der Waals surface area contributed by atoms with Crippen molar-refractivity contribution in [2.75, 3.05) is 23.3 Å². The van der Waals surface area contributed by atoms with Crippen LogP contribution < -0.4 is 10.2 Å². The molecule has 0 saturated heterocycles. The zero-order valence-corrected chi connectivity index (χ0v) is 15.6. The summed E-state index contributed by atoms with van der Waals surface area (Å²) in [5.74, 6) is 0.0457. The Bertz CT molecular complexity index is 925. The lowest BCUT2D eigenvalue weighted by molar-refractivity contribution is -0.116. The molecule has 0 spiro atoms. The minimum atomic E-state index is 0.0457. The number of carbonyl (C=O) groups is 1. The first-order valence-corrected chi connectivity index (χ1v) is 9.57. The second kappa shape index (κ2) is 7.43. The van der Waals surface area contributed by atoms with Gasteiger partial charge < -0.3 is 10.2 Å². The van der Waals surface area contributed by atoms with Crippen LogP contribution in [0.2, 0.25) is 5.02 Å². The highest BCUT2D eigenvalue weighted by Gasteiger charge is 2.23. The molecular weight excluding hydrogens is 368 g/mol. The summed E-state index contributed by atoms with van der Waals surface area (Å²) in [4.78, 5) is 14.3. The molecule has 2 heterocycles. The average Bonchev–Trinajstić information content (AvgIpc) is 3.28. The molecule has 26 heavy (non-hydrogen) atoms. The number of hydrogen-bond donors (Lipinski definition) is 1. The van der Waals surface area contributed by atoms with Gasteiger partial charge in [0, 0.05) is 23.7 Å². The molecule has 0 unspecified atom stereocenters. The number of carbonyl (C=O) groups excluding carboxylic acids is 1. The fourth-order valence-corrected chi connectivity index (χ4v) is 3.91. The minimum Gasteiger partial charge on any atom is -0.351 e. The maximum absolute atomic E-state index is 12.5. The Labute approximate surface area is 160 Å². The molecular formula is C19H17ClN4OS. The van der Waals surface area contributed by atoms with Crippen molar-refractivity contribution in [3.63, 3.8) is 0 Å². The van der Waals surface area contributed by atoms with Crippen molar-refractivity contribution >= 4 is 39.7 Å². The number of fused-ring (bicyclic) bond motifs is 1. The molecule has 0 fully saturated rings. The highest BCUT2D eigenvalue weighted by atomic mass is 35.5. The average molecular weight is 385 g/mol. The number of para-hydroxylation sites is 1. The molecule has 5 nitrogen and oxygen atoms in total. The highest BCUT2D eigenvalue weighted by molar-refractivity contribution is 7.15. The predicted molar refractivity (Wildman–Crippen MR) is 105 cm³/mol. The molecule has 2 aromatic carbocycles. The summed E-state index contributed by atoms with van der Waals surface area (Å²) in [6, 6.07) is 15.7. The fraction of sp³-hybridized carbons (Fsp3) is 0.211. The lowest BCUT2D eigenvalue weighted by Gasteiger charge is -2.17. The standard InChI is InChI=1S/C19H17ClN4OS/c20-15-7-5-13(6-8-15)11-17-22-23-19(26-17)21-12-18(25)24-10-9-14-3-1-2-4-16(14)24/h1-8H,9-12H2,(H,21,23). The quantitative estimate of drug-likeness (QED) is 0.727. The van der Waals surface area contributed by atoms with E-state index in [0.29, 0.717) is 11.6 Å². The molecule has 132 valence electrons. The van der Waals surface area contributed by atoms with Crippen LogP contribution in [0.25, 0.3) is 0 Å². The number of hydrogen-bond acceptors (Lipinski definition) is 5. The highest BCUT2D eigenvalue weighted by Crippen LogP contribution is 2.27. The van der Waals surface area contributed by atoms with E-state index in [-0.39, 0.29) is 12.5 Å². The lowest BCUT2D eigenvalue weighted by atomic mass is 10.2. The fourth-order valence-electron chi connectivity index (χ4n) is 3.02. The Hall–Kier alpha value is -2.44. The molecule has 0 radical (unpaired) electrons. The van der Waals surface area contributed by atoms with Gasteiger partial charge in [-0.05, 0) is 35.7 Å². The van der Waals surface area contributed by atoms with E-state index in [4.69, 9.17) is 11.6 Å². The predicted octanol–water partition coefficient (Wildman–Crippen LogP) is 3.78. The van der Waals surface area contributed by atoms with Gasteiger partial charge in [0.05, 0.1) is 6.54 Å². The third kappa shape index (κ3) is 3.71. The van der Waals surface area contributed by atoms with Crippen molar-refractivity contribution in [1.82, 2.24) is 10.2 Å². The zero-order chi connectivity index (χ0) is 17.9. The van der Waals surface area contributed by atoms with Gasteiger partial charge in [-0.15, -0.1) is 10.2 Å². The van der Waals surface area contributed by atoms with Crippen molar-refractivity contribution in [1.29, 1.82) is 0 Å². The van der Waals surface area contributed by atoms with E-state index in [2.05, 4.69) is 21.6 Å². The first-order valence-electron chi connectivity index (χ1n) is 8.38. The van der Waals surface area contributed by atoms with Gasteiger partial charge in [-0.3, -0.25) is 4.79 Å². The van der Waals surface area contributed by atoms with Crippen LogP contribution in [0, 0.1) is 0 Å². The number of amides is 1. The third-order valence-corrected chi connectivity index (χ3v) is 5.45. The number of benzene rings is 2. The summed E-state index contributed by atoms with van der Waals surface area (Å²) in [5, 5.41) is 13.7. The summed E-state index contributed by atoms with van der Waals surface area (Å²) < 4.78 is 0. The number of rotatable bonds is 5. The van der Waals surface area contributed by atoms with Crippen LogP contribution in [-0.4, -0.2) is 29.2 Å². The second-order valence-electron chi connectivity index (χ2n) is 6.08. The zero-order valence-electron chi connectivity index (χ0n) is 14.0. The van der Waals surface area contributed by atoms with Gasteiger partial charge >= 0.3 is 0 Å². The summed E-state index contributed by atoms with van der Waals surface area (Å²) in [6.07, 6.45) is 1.61. The topological polar surface area (TPSA) is 58.1 Å². The minimum absolute atomic E-state index is 0.0457. The molecule has 1 aliphatic rings. The molecule has 4 rings (SSSR count).